The van der Waals surface area contributed by atoms with Gasteiger partial charge >= 0.3 is 10.1 Å². The summed E-state index contributed by atoms with van der Waals surface area (Å²) in [5.74, 6) is -0.137. The maximum atomic E-state index is 12.5. The molecule has 31 heavy (non-hydrogen) atoms. The minimum absolute atomic E-state index is 0.0278. The standard InChI is InChI=1S/C22H20N2O6S/c1-2-29-21-14-16(15-23-24-22(26)17-9-11-18(25)12-10-17)8-13-20(21)30-31(27,28)19-6-4-3-5-7-19/h3-15,25H,2H2,1H3,(H,24,26)/b23-15-. The van der Waals surface area contributed by atoms with Crippen LogP contribution < -0.4 is 14.3 Å². The highest BCUT2D eigenvalue weighted by Gasteiger charge is 2.19. The molecule has 0 spiro atoms. The average molecular weight is 440 g/mol. The second-order valence-corrected chi connectivity index (χ2v) is 7.78. The predicted molar refractivity (Wildman–Crippen MR) is 115 cm³/mol. The van der Waals surface area contributed by atoms with Gasteiger partial charge in [-0.25, -0.2) is 5.43 Å². The Bertz CT molecular complexity index is 1180. The number of hydrazone groups is 1. The normalized spacial score (nSPS) is 11.3. The van der Waals surface area contributed by atoms with Crippen molar-refractivity contribution in [1.29, 1.82) is 0 Å². The number of hydrogen-bond acceptors (Lipinski definition) is 7. The maximum absolute atomic E-state index is 12.5. The SMILES string of the molecule is CCOc1cc(/C=N\NC(=O)c2ccc(O)cc2)ccc1OS(=O)(=O)c1ccccc1. The average Bonchev–Trinajstić information content (AvgIpc) is 2.76. The van der Waals surface area contributed by atoms with Gasteiger partial charge < -0.3 is 14.0 Å². The number of phenolic OH excluding ortho intramolecular Hbond substituents is 1. The molecule has 0 aliphatic heterocycles. The molecule has 0 bridgehead atoms. The van der Waals surface area contributed by atoms with Crippen molar-refractivity contribution in [3.8, 4) is 17.2 Å². The number of nitrogens with zero attached hydrogens (tertiary/aromatic N) is 1. The number of rotatable bonds is 8. The lowest BCUT2D eigenvalue weighted by molar-refractivity contribution is 0.0955. The van der Waals surface area contributed by atoms with Crippen molar-refractivity contribution in [2.45, 2.75) is 11.8 Å². The molecule has 0 saturated carbocycles. The monoisotopic (exact) mass is 440 g/mol. The number of amides is 1. The van der Waals surface area contributed by atoms with Crippen LogP contribution in [0.1, 0.15) is 22.8 Å². The molecule has 160 valence electrons. The molecule has 0 aliphatic rings. The third kappa shape index (κ3) is 5.83. The Morgan fingerprint density at radius 2 is 1.74 bits per heavy atom. The van der Waals surface area contributed by atoms with E-state index >= 15 is 0 Å². The van der Waals surface area contributed by atoms with Crippen LogP contribution in [0.15, 0.2) is 82.8 Å². The number of ether oxygens (including phenoxy) is 1. The minimum atomic E-state index is -4.02. The summed E-state index contributed by atoms with van der Waals surface area (Å²) in [5.41, 5.74) is 3.26. The van der Waals surface area contributed by atoms with Gasteiger partial charge in [0, 0.05) is 5.56 Å². The van der Waals surface area contributed by atoms with Crippen molar-refractivity contribution < 1.29 is 27.2 Å². The Hall–Kier alpha value is -3.85. The fraction of sp³-hybridized carbons (Fsp3) is 0.0909. The van der Waals surface area contributed by atoms with E-state index in [9.17, 15) is 18.3 Å². The highest BCUT2D eigenvalue weighted by Crippen LogP contribution is 2.30. The van der Waals surface area contributed by atoms with E-state index in [0.29, 0.717) is 17.7 Å². The molecule has 0 fully saturated rings. The third-order valence-electron chi connectivity index (χ3n) is 4.01. The molecule has 1 amide bonds. The van der Waals surface area contributed by atoms with E-state index in [-0.39, 0.29) is 22.1 Å². The van der Waals surface area contributed by atoms with Crippen molar-refractivity contribution in [3.63, 3.8) is 0 Å². The summed E-state index contributed by atoms with van der Waals surface area (Å²) in [5, 5.41) is 13.2. The topological polar surface area (TPSA) is 114 Å². The first-order valence-electron chi connectivity index (χ1n) is 9.28. The number of carbonyl (C=O) groups is 1. The van der Waals surface area contributed by atoms with Crippen LogP contribution in [0.25, 0.3) is 0 Å². The third-order valence-corrected chi connectivity index (χ3v) is 5.26. The van der Waals surface area contributed by atoms with Crippen LogP contribution in [0.2, 0.25) is 0 Å². The predicted octanol–water partition coefficient (Wildman–Crippen LogP) is 3.32. The number of benzene rings is 3. The molecule has 3 rings (SSSR count). The van der Waals surface area contributed by atoms with Crippen molar-refractivity contribution in [2.75, 3.05) is 6.61 Å². The minimum Gasteiger partial charge on any atom is -0.508 e. The van der Waals surface area contributed by atoms with Gasteiger partial charge in [0.1, 0.15) is 10.6 Å². The fourth-order valence-electron chi connectivity index (χ4n) is 2.54. The van der Waals surface area contributed by atoms with Crippen molar-refractivity contribution in [2.24, 2.45) is 5.10 Å². The lowest BCUT2D eigenvalue weighted by Crippen LogP contribution is -2.17. The fourth-order valence-corrected chi connectivity index (χ4v) is 3.50. The summed E-state index contributed by atoms with van der Waals surface area (Å²) in [4.78, 5) is 12.1. The summed E-state index contributed by atoms with van der Waals surface area (Å²) < 4.78 is 35.7. The van der Waals surface area contributed by atoms with Gasteiger partial charge in [-0.05, 0) is 67.1 Å². The summed E-state index contributed by atoms with van der Waals surface area (Å²) in [6, 6.07) is 18.1. The molecule has 9 heteroatoms. The molecule has 0 saturated heterocycles. The zero-order valence-electron chi connectivity index (χ0n) is 16.6. The Labute approximate surface area is 179 Å². The van der Waals surface area contributed by atoms with E-state index in [1.807, 2.05) is 0 Å². The first-order chi connectivity index (χ1) is 14.9. The molecule has 0 aromatic heterocycles. The lowest BCUT2D eigenvalue weighted by atomic mass is 10.2. The first kappa shape index (κ1) is 21.8. The van der Waals surface area contributed by atoms with E-state index in [1.165, 1.54) is 48.7 Å². The smallest absolute Gasteiger partial charge is 0.339 e. The molecule has 2 N–H and O–H groups in total. The van der Waals surface area contributed by atoms with Gasteiger partial charge in [-0.2, -0.15) is 13.5 Å². The van der Waals surface area contributed by atoms with E-state index in [4.69, 9.17) is 8.92 Å². The Balaban J connectivity index is 1.74. The van der Waals surface area contributed by atoms with Gasteiger partial charge in [0.25, 0.3) is 5.91 Å². The molecular weight excluding hydrogens is 420 g/mol. The molecule has 0 atom stereocenters. The van der Waals surface area contributed by atoms with Gasteiger partial charge in [0.05, 0.1) is 12.8 Å². The number of hydrogen-bond donors (Lipinski definition) is 2. The Morgan fingerprint density at radius 3 is 2.42 bits per heavy atom. The van der Waals surface area contributed by atoms with Crippen LogP contribution in [0.4, 0.5) is 0 Å². The van der Waals surface area contributed by atoms with Gasteiger partial charge in [0.15, 0.2) is 11.5 Å². The quantitative estimate of drug-likeness (QED) is 0.316. The molecule has 0 aliphatic carbocycles. The van der Waals surface area contributed by atoms with E-state index in [2.05, 4.69) is 10.5 Å². The maximum Gasteiger partial charge on any atom is 0.339 e. The van der Waals surface area contributed by atoms with Gasteiger partial charge in [-0.15, -0.1) is 0 Å². The first-order valence-corrected chi connectivity index (χ1v) is 10.7. The van der Waals surface area contributed by atoms with E-state index in [0.717, 1.165) is 0 Å². The Morgan fingerprint density at radius 1 is 1.03 bits per heavy atom. The zero-order chi connectivity index (χ0) is 22.3. The van der Waals surface area contributed by atoms with Crippen LogP contribution in [0.5, 0.6) is 17.2 Å². The van der Waals surface area contributed by atoms with Crippen LogP contribution in [-0.2, 0) is 10.1 Å². The largest absolute Gasteiger partial charge is 0.508 e. The Kier molecular flexibility index (Phi) is 6.88. The van der Waals surface area contributed by atoms with Crippen LogP contribution in [0, 0.1) is 0 Å². The highest BCUT2D eigenvalue weighted by molar-refractivity contribution is 7.87. The van der Waals surface area contributed by atoms with Gasteiger partial charge in [-0.3, -0.25) is 4.79 Å². The molecule has 0 heterocycles. The van der Waals surface area contributed by atoms with Gasteiger partial charge in [0.2, 0.25) is 0 Å². The van der Waals surface area contributed by atoms with Gasteiger partial charge in [-0.1, -0.05) is 18.2 Å². The molecule has 8 nitrogen and oxygen atoms in total. The number of carbonyl (C=O) groups excluding carboxylic acids is 1. The summed E-state index contributed by atoms with van der Waals surface area (Å²) in [6.45, 7) is 2.05. The molecular formula is C22H20N2O6S. The zero-order valence-corrected chi connectivity index (χ0v) is 17.4. The summed E-state index contributed by atoms with van der Waals surface area (Å²) in [7, 11) is -4.02. The second kappa shape index (κ2) is 9.77. The van der Waals surface area contributed by atoms with Crippen LogP contribution >= 0.6 is 0 Å². The van der Waals surface area contributed by atoms with Crippen LogP contribution in [0.3, 0.4) is 0 Å². The molecule has 0 radical (unpaired) electrons. The van der Waals surface area contributed by atoms with E-state index < -0.39 is 16.0 Å². The summed E-state index contributed by atoms with van der Waals surface area (Å²) >= 11 is 0. The summed E-state index contributed by atoms with van der Waals surface area (Å²) in [6.07, 6.45) is 1.39. The van der Waals surface area contributed by atoms with E-state index in [1.54, 1.807) is 37.3 Å². The highest BCUT2D eigenvalue weighted by atomic mass is 32.2. The number of aromatic hydroxyl groups is 1. The number of phenols is 1. The molecule has 3 aromatic carbocycles. The molecule has 0 unspecified atom stereocenters. The van der Waals surface area contributed by atoms with Crippen molar-refractivity contribution >= 4 is 22.2 Å². The van der Waals surface area contributed by atoms with Crippen molar-refractivity contribution in [3.05, 3.63) is 83.9 Å². The van der Waals surface area contributed by atoms with Crippen molar-refractivity contribution in [1.82, 2.24) is 5.43 Å². The van der Waals surface area contributed by atoms with Crippen LogP contribution in [-0.4, -0.2) is 32.3 Å². The number of nitrogens with one attached hydrogen (secondary N) is 1. The lowest BCUT2D eigenvalue weighted by Gasteiger charge is -2.12. The molecule has 3 aromatic rings. The second-order valence-electron chi connectivity index (χ2n) is 6.24.